The molecule has 1 aromatic carbocycles. The van der Waals surface area contributed by atoms with Crippen LogP contribution in [-0.4, -0.2) is 27.0 Å². The molecule has 2 N–H and O–H groups in total. The van der Waals surface area contributed by atoms with E-state index in [2.05, 4.69) is 15.3 Å². The molecule has 1 saturated carbocycles. The third-order valence-corrected chi connectivity index (χ3v) is 3.65. The molecule has 1 aliphatic rings. The molecule has 2 atom stereocenters. The highest BCUT2D eigenvalue weighted by molar-refractivity contribution is 5.98. The van der Waals surface area contributed by atoms with Crippen molar-refractivity contribution < 1.29 is 14.7 Å². The molecule has 0 radical (unpaired) electrons. The molecule has 0 aliphatic heterocycles. The third-order valence-electron chi connectivity index (χ3n) is 3.65. The second-order valence-corrected chi connectivity index (χ2v) is 5.38. The van der Waals surface area contributed by atoms with Gasteiger partial charge in [0.1, 0.15) is 0 Å². The highest BCUT2D eigenvalue weighted by atomic mass is 16.4. The summed E-state index contributed by atoms with van der Waals surface area (Å²) in [6.07, 6.45) is 2.11. The lowest BCUT2D eigenvalue weighted by Gasteiger charge is -2.06. The molecule has 2 unspecified atom stereocenters. The SMILES string of the molecule is Cc1ccnc(-c2ccc(NC(=O)C3CC3C(=O)O)cc2)n1. The average Bonchev–Trinajstić information content (AvgIpc) is 3.29. The summed E-state index contributed by atoms with van der Waals surface area (Å²) in [6, 6.07) is 9.00. The van der Waals surface area contributed by atoms with Gasteiger partial charge in [-0.25, -0.2) is 9.97 Å². The second-order valence-electron chi connectivity index (χ2n) is 5.38. The molecule has 0 saturated heterocycles. The van der Waals surface area contributed by atoms with Gasteiger partial charge in [0, 0.05) is 23.1 Å². The smallest absolute Gasteiger partial charge is 0.307 e. The van der Waals surface area contributed by atoms with E-state index in [1.807, 2.05) is 25.1 Å². The molecule has 0 bridgehead atoms. The normalized spacial score (nSPS) is 19.5. The van der Waals surface area contributed by atoms with E-state index in [1.165, 1.54) is 0 Å². The van der Waals surface area contributed by atoms with Gasteiger partial charge in [-0.3, -0.25) is 9.59 Å². The lowest BCUT2D eigenvalue weighted by Crippen LogP contribution is -2.16. The minimum Gasteiger partial charge on any atom is -0.481 e. The Kier molecular flexibility index (Phi) is 3.58. The van der Waals surface area contributed by atoms with Crippen molar-refractivity contribution in [2.75, 3.05) is 5.32 Å². The number of nitrogens with zero attached hydrogens (tertiary/aromatic N) is 2. The first kappa shape index (κ1) is 14.2. The number of carbonyl (C=O) groups is 2. The predicted molar refractivity (Wildman–Crippen MR) is 80.1 cm³/mol. The summed E-state index contributed by atoms with van der Waals surface area (Å²) in [5.41, 5.74) is 2.38. The maximum absolute atomic E-state index is 11.9. The predicted octanol–water partition coefficient (Wildman–Crippen LogP) is 2.11. The van der Waals surface area contributed by atoms with Crippen LogP contribution in [-0.2, 0) is 9.59 Å². The van der Waals surface area contributed by atoms with Crippen LogP contribution in [0, 0.1) is 18.8 Å². The summed E-state index contributed by atoms with van der Waals surface area (Å²) in [5.74, 6) is -1.48. The topological polar surface area (TPSA) is 92.2 Å². The monoisotopic (exact) mass is 297 g/mol. The number of hydrogen-bond donors (Lipinski definition) is 2. The zero-order valence-corrected chi connectivity index (χ0v) is 12.0. The molecule has 1 aliphatic carbocycles. The van der Waals surface area contributed by atoms with Crippen molar-refractivity contribution in [2.45, 2.75) is 13.3 Å². The van der Waals surface area contributed by atoms with Crippen LogP contribution in [0.15, 0.2) is 36.5 Å². The van der Waals surface area contributed by atoms with Crippen LogP contribution in [0.1, 0.15) is 12.1 Å². The molecule has 1 aromatic heterocycles. The first-order valence-electron chi connectivity index (χ1n) is 6.98. The largest absolute Gasteiger partial charge is 0.481 e. The van der Waals surface area contributed by atoms with E-state index < -0.39 is 17.8 Å². The molecule has 6 heteroatoms. The summed E-state index contributed by atoms with van der Waals surface area (Å²) in [6.45, 7) is 1.90. The number of benzene rings is 1. The van der Waals surface area contributed by atoms with E-state index in [-0.39, 0.29) is 5.91 Å². The molecule has 1 fully saturated rings. The lowest BCUT2D eigenvalue weighted by molar-refractivity contribution is -0.139. The summed E-state index contributed by atoms with van der Waals surface area (Å²) < 4.78 is 0. The number of rotatable bonds is 4. The Morgan fingerprint density at radius 1 is 1.18 bits per heavy atom. The summed E-state index contributed by atoms with van der Waals surface area (Å²) >= 11 is 0. The van der Waals surface area contributed by atoms with Gasteiger partial charge in [0.05, 0.1) is 11.8 Å². The number of anilines is 1. The van der Waals surface area contributed by atoms with Gasteiger partial charge in [0.25, 0.3) is 0 Å². The molecular weight excluding hydrogens is 282 g/mol. The van der Waals surface area contributed by atoms with Crippen LogP contribution in [0.25, 0.3) is 11.4 Å². The van der Waals surface area contributed by atoms with Gasteiger partial charge in [-0.15, -0.1) is 0 Å². The summed E-state index contributed by atoms with van der Waals surface area (Å²) in [4.78, 5) is 31.2. The lowest BCUT2D eigenvalue weighted by atomic mass is 10.2. The van der Waals surface area contributed by atoms with Crippen LogP contribution in [0.4, 0.5) is 5.69 Å². The number of aliphatic carboxylic acids is 1. The van der Waals surface area contributed by atoms with Gasteiger partial charge in [-0.05, 0) is 43.7 Å². The zero-order valence-electron chi connectivity index (χ0n) is 12.0. The van der Waals surface area contributed by atoms with Crippen LogP contribution in [0.3, 0.4) is 0 Å². The molecule has 1 amide bonds. The van der Waals surface area contributed by atoms with Crippen molar-refractivity contribution in [3.63, 3.8) is 0 Å². The fourth-order valence-corrected chi connectivity index (χ4v) is 2.28. The second kappa shape index (κ2) is 5.55. The van der Waals surface area contributed by atoms with Crippen molar-refractivity contribution in [1.82, 2.24) is 9.97 Å². The number of aromatic nitrogens is 2. The Balaban J connectivity index is 1.67. The molecule has 22 heavy (non-hydrogen) atoms. The fourth-order valence-electron chi connectivity index (χ4n) is 2.28. The Morgan fingerprint density at radius 2 is 1.91 bits per heavy atom. The van der Waals surface area contributed by atoms with Crippen LogP contribution < -0.4 is 5.32 Å². The maximum atomic E-state index is 11.9. The van der Waals surface area contributed by atoms with Gasteiger partial charge in [-0.2, -0.15) is 0 Å². The number of amides is 1. The molecule has 2 aromatic rings. The van der Waals surface area contributed by atoms with Crippen LogP contribution in [0.5, 0.6) is 0 Å². The van der Waals surface area contributed by atoms with Gasteiger partial charge in [0.15, 0.2) is 5.82 Å². The third kappa shape index (κ3) is 2.95. The molecule has 112 valence electrons. The number of carbonyl (C=O) groups excluding carboxylic acids is 1. The number of hydrogen-bond acceptors (Lipinski definition) is 4. The molecular formula is C16H15N3O3. The van der Waals surface area contributed by atoms with E-state index in [0.29, 0.717) is 17.9 Å². The first-order valence-corrected chi connectivity index (χ1v) is 6.98. The number of carboxylic acid groups (broad SMARTS) is 1. The number of nitrogens with one attached hydrogen (secondary N) is 1. The summed E-state index contributed by atoms with van der Waals surface area (Å²) in [7, 11) is 0. The molecule has 3 rings (SSSR count). The Bertz CT molecular complexity index is 728. The quantitative estimate of drug-likeness (QED) is 0.901. The highest BCUT2D eigenvalue weighted by Crippen LogP contribution is 2.39. The average molecular weight is 297 g/mol. The molecule has 6 nitrogen and oxygen atoms in total. The van der Waals surface area contributed by atoms with E-state index in [0.717, 1.165) is 11.3 Å². The van der Waals surface area contributed by atoms with Gasteiger partial charge in [-0.1, -0.05) is 0 Å². The summed E-state index contributed by atoms with van der Waals surface area (Å²) in [5, 5.41) is 11.6. The van der Waals surface area contributed by atoms with Gasteiger partial charge in [0.2, 0.25) is 5.91 Å². The maximum Gasteiger partial charge on any atom is 0.307 e. The van der Waals surface area contributed by atoms with Crippen molar-refractivity contribution in [2.24, 2.45) is 11.8 Å². The number of carboxylic acids is 1. The Labute approximate surface area is 127 Å². The van der Waals surface area contributed by atoms with E-state index in [9.17, 15) is 9.59 Å². The Hall–Kier alpha value is -2.76. The zero-order chi connectivity index (χ0) is 15.7. The van der Waals surface area contributed by atoms with Crippen molar-refractivity contribution in [1.29, 1.82) is 0 Å². The van der Waals surface area contributed by atoms with E-state index >= 15 is 0 Å². The fraction of sp³-hybridized carbons (Fsp3) is 0.250. The highest BCUT2D eigenvalue weighted by Gasteiger charge is 2.48. The minimum atomic E-state index is -0.910. The number of aryl methyl sites for hydroxylation is 1. The van der Waals surface area contributed by atoms with E-state index in [4.69, 9.17) is 5.11 Å². The Morgan fingerprint density at radius 3 is 2.50 bits per heavy atom. The molecule has 0 spiro atoms. The van der Waals surface area contributed by atoms with Crippen LogP contribution in [0.2, 0.25) is 0 Å². The van der Waals surface area contributed by atoms with Crippen LogP contribution >= 0.6 is 0 Å². The van der Waals surface area contributed by atoms with Crippen molar-refractivity contribution >= 4 is 17.6 Å². The molecule has 1 heterocycles. The van der Waals surface area contributed by atoms with Crippen molar-refractivity contribution in [3.05, 3.63) is 42.2 Å². The van der Waals surface area contributed by atoms with Crippen molar-refractivity contribution in [3.8, 4) is 11.4 Å². The van der Waals surface area contributed by atoms with Gasteiger partial charge < -0.3 is 10.4 Å². The van der Waals surface area contributed by atoms with Gasteiger partial charge >= 0.3 is 5.97 Å². The minimum absolute atomic E-state index is 0.244. The first-order chi connectivity index (χ1) is 10.5. The standard InChI is InChI=1S/C16H15N3O3/c1-9-6-7-17-14(18-9)10-2-4-11(5-3-10)19-15(20)12-8-13(12)16(21)22/h2-7,12-13H,8H2,1H3,(H,19,20)(H,21,22). The van der Waals surface area contributed by atoms with E-state index in [1.54, 1.807) is 18.3 Å².